The summed E-state index contributed by atoms with van der Waals surface area (Å²) in [5, 5.41) is 8.31. The molecule has 2 N–H and O–H groups in total. The van der Waals surface area contributed by atoms with Gasteiger partial charge in [0, 0.05) is 31.2 Å². The van der Waals surface area contributed by atoms with Crippen LogP contribution in [0.2, 0.25) is 0 Å². The zero-order valence-corrected chi connectivity index (χ0v) is 20.2. The van der Waals surface area contributed by atoms with Gasteiger partial charge in [-0.25, -0.2) is 0 Å². The van der Waals surface area contributed by atoms with Crippen LogP contribution in [0.15, 0.2) is 72.8 Å². The van der Waals surface area contributed by atoms with Gasteiger partial charge in [-0.2, -0.15) is 0 Å². The van der Waals surface area contributed by atoms with Gasteiger partial charge in [-0.05, 0) is 53.6 Å². The molecule has 1 fully saturated rings. The molecule has 4 rings (SSSR count). The van der Waals surface area contributed by atoms with Crippen molar-refractivity contribution in [2.45, 2.75) is 45.2 Å². The molecule has 34 heavy (non-hydrogen) atoms. The Kier molecular flexibility index (Phi) is 7.96. The molecule has 0 aliphatic carbocycles. The van der Waals surface area contributed by atoms with E-state index < -0.39 is 6.04 Å². The third kappa shape index (κ3) is 6.45. The number of carbonyl (C=O) groups excluding carboxylic acids is 2. The lowest BCUT2D eigenvalue weighted by atomic mass is 10.0. The fraction of sp³-hybridized carbons (Fsp3) is 0.379. The first-order valence-corrected chi connectivity index (χ1v) is 12.3. The second kappa shape index (κ2) is 11.3. The second-order valence-corrected chi connectivity index (χ2v) is 9.75. The Morgan fingerprint density at radius 2 is 1.71 bits per heavy atom. The second-order valence-electron chi connectivity index (χ2n) is 9.75. The molecule has 0 spiro atoms. The van der Waals surface area contributed by atoms with Crippen LogP contribution in [0, 0.1) is 5.92 Å². The fourth-order valence-corrected chi connectivity index (χ4v) is 4.66. The molecule has 0 aromatic heterocycles. The predicted molar refractivity (Wildman–Crippen MR) is 138 cm³/mol. The van der Waals surface area contributed by atoms with Gasteiger partial charge in [0.05, 0.1) is 0 Å². The number of rotatable bonds is 9. The number of amides is 2. The van der Waals surface area contributed by atoms with Crippen molar-refractivity contribution in [3.63, 3.8) is 0 Å². The quantitative estimate of drug-likeness (QED) is 0.500. The maximum absolute atomic E-state index is 13.2. The molecule has 0 radical (unpaired) electrons. The average molecular weight is 458 g/mol. The third-order valence-electron chi connectivity index (χ3n) is 6.52. The Morgan fingerprint density at radius 1 is 0.971 bits per heavy atom. The van der Waals surface area contributed by atoms with Crippen molar-refractivity contribution < 1.29 is 9.59 Å². The normalized spacial score (nSPS) is 17.1. The average Bonchev–Trinajstić information content (AvgIpc) is 3.29. The zero-order valence-electron chi connectivity index (χ0n) is 20.2. The summed E-state index contributed by atoms with van der Waals surface area (Å²) in [6, 6.07) is 23.7. The van der Waals surface area contributed by atoms with E-state index in [4.69, 9.17) is 0 Å². The van der Waals surface area contributed by atoms with Crippen LogP contribution in [0.4, 0.5) is 0 Å². The van der Waals surface area contributed by atoms with E-state index >= 15 is 0 Å². The van der Waals surface area contributed by atoms with E-state index in [2.05, 4.69) is 53.6 Å². The molecule has 5 heteroatoms. The highest BCUT2D eigenvalue weighted by Gasteiger charge is 2.28. The topological polar surface area (TPSA) is 61.4 Å². The van der Waals surface area contributed by atoms with Gasteiger partial charge in [0.15, 0.2) is 0 Å². The minimum Gasteiger partial charge on any atom is -0.350 e. The summed E-state index contributed by atoms with van der Waals surface area (Å²) in [4.78, 5) is 28.6. The molecule has 0 saturated carbocycles. The van der Waals surface area contributed by atoms with Crippen molar-refractivity contribution in [1.82, 2.24) is 15.5 Å². The van der Waals surface area contributed by atoms with E-state index in [1.807, 2.05) is 48.5 Å². The maximum atomic E-state index is 13.2. The molecule has 178 valence electrons. The van der Waals surface area contributed by atoms with Gasteiger partial charge in [-0.15, -0.1) is 0 Å². The molecule has 5 nitrogen and oxygen atoms in total. The summed E-state index contributed by atoms with van der Waals surface area (Å²) in [6.45, 7) is 6.97. The first-order chi connectivity index (χ1) is 16.5. The predicted octanol–water partition coefficient (Wildman–Crippen LogP) is 4.42. The Morgan fingerprint density at radius 3 is 2.47 bits per heavy atom. The Hall–Kier alpha value is -3.18. The van der Waals surface area contributed by atoms with Crippen molar-refractivity contribution in [1.29, 1.82) is 0 Å². The standard InChI is InChI=1S/C29H35N3O2/c1-21(2)18-27(31-28(33)25-13-12-23-10-6-7-11-24(23)19-25)29(34)30-26-15-17-32(20-26)16-14-22-8-4-3-5-9-22/h3-13,19,21,26-27H,14-18,20H2,1-2H3,(H,30,34)(H,31,33)/t26-,27-/m0/s1. The van der Waals surface area contributed by atoms with Crippen LogP contribution in [0.3, 0.4) is 0 Å². The van der Waals surface area contributed by atoms with Crippen LogP contribution in [-0.4, -0.2) is 48.4 Å². The monoisotopic (exact) mass is 457 g/mol. The number of hydrogen-bond acceptors (Lipinski definition) is 3. The lowest BCUT2D eigenvalue weighted by molar-refractivity contribution is -0.124. The molecule has 1 aliphatic rings. The largest absolute Gasteiger partial charge is 0.350 e. The molecule has 1 heterocycles. The summed E-state index contributed by atoms with van der Waals surface area (Å²) >= 11 is 0. The third-order valence-corrected chi connectivity index (χ3v) is 6.52. The van der Waals surface area contributed by atoms with E-state index in [9.17, 15) is 9.59 Å². The first kappa shape index (κ1) is 24.0. The van der Waals surface area contributed by atoms with Gasteiger partial charge in [-0.1, -0.05) is 74.5 Å². The molecular formula is C29H35N3O2. The number of benzene rings is 3. The van der Waals surface area contributed by atoms with Crippen molar-refractivity contribution in [3.8, 4) is 0 Å². The molecule has 0 unspecified atom stereocenters. The van der Waals surface area contributed by atoms with Crippen molar-refractivity contribution >= 4 is 22.6 Å². The van der Waals surface area contributed by atoms with E-state index in [0.29, 0.717) is 17.9 Å². The summed E-state index contributed by atoms with van der Waals surface area (Å²) in [5.74, 6) is -0.00110. The van der Waals surface area contributed by atoms with E-state index in [0.717, 1.165) is 43.2 Å². The van der Waals surface area contributed by atoms with Gasteiger partial charge >= 0.3 is 0 Å². The molecular weight excluding hydrogens is 422 g/mol. The number of carbonyl (C=O) groups is 2. The summed E-state index contributed by atoms with van der Waals surface area (Å²) < 4.78 is 0. The first-order valence-electron chi connectivity index (χ1n) is 12.3. The van der Waals surface area contributed by atoms with Crippen LogP contribution >= 0.6 is 0 Å². The molecule has 2 atom stereocenters. The Labute approximate surface area is 202 Å². The van der Waals surface area contributed by atoms with Crippen molar-refractivity contribution in [2.24, 2.45) is 5.92 Å². The Balaban J connectivity index is 1.33. The van der Waals surface area contributed by atoms with Crippen LogP contribution in [0.5, 0.6) is 0 Å². The number of likely N-dealkylation sites (tertiary alicyclic amines) is 1. The smallest absolute Gasteiger partial charge is 0.251 e. The summed E-state index contributed by atoms with van der Waals surface area (Å²) in [6.07, 6.45) is 2.56. The van der Waals surface area contributed by atoms with Crippen LogP contribution in [0.25, 0.3) is 10.8 Å². The highest BCUT2D eigenvalue weighted by Crippen LogP contribution is 2.17. The number of nitrogens with zero attached hydrogens (tertiary/aromatic N) is 1. The van der Waals surface area contributed by atoms with Gasteiger partial charge in [0.25, 0.3) is 5.91 Å². The van der Waals surface area contributed by atoms with Crippen LogP contribution in [-0.2, 0) is 11.2 Å². The summed E-state index contributed by atoms with van der Waals surface area (Å²) in [7, 11) is 0. The molecule has 3 aromatic rings. The van der Waals surface area contributed by atoms with Gasteiger partial charge < -0.3 is 15.5 Å². The molecule has 2 amide bonds. The lowest BCUT2D eigenvalue weighted by Gasteiger charge is -2.23. The summed E-state index contributed by atoms with van der Waals surface area (Å²) in [5.41, 5.74) is 1.91. The van der Waals surface area contributed by atoms with Gasteiger partial charge in [0.2, 0.25) is 5.91 Å². The van der Waals surface area contributed by atoms with E-state index in [1.165, 1.54) is 5.56 Å². The van der Waals surface area contributed by atoms with Crippen molar-refractivity contribution in [2.75, 3.05) is 19.6 Å². The van der Waals surface area contributed by atoms with Gasteiger partial charge in [-0.3, -0.25) is 9.59 Å². The Bertz CT molecular complexity index is 1110. The number of hydrogen-bond donors (Lipinski definition) is 2. The molecule has 1 aliphatic heterocycles. The van der Waals surface area contributed by atoms with Crippen LogP contribution < -0.4 is 10.6 Å². The molecule has 3 aromatic carbocycles. The van der Waals surface area contributed by atoms with Crippen molar-refractivity contribution in [3.05, 3.63) is 83.9 Å². The lowest BCUT2D eigenvalue weighted by Crippen LogP contribution is -2.50. The SMILES string of the molecule is CC(C)C[C@H](NC(=O)c1ccc2ccccc2c1)C(=O)N[C@H]1CCN(CCc2ccccc2)C1. The highest BCUT2D eigenvalue weighted by molar-refractivity contribution is 6.00. The number of fused-ring (bicyclic) bond motifs is 1. The fourth-order valence-electron chi connectivity index (χ4n) is 4.66. The maximum Gasteiger partial charge on any atom is 0.251 e. The van der Waals surface area contributed by atoms with Crippen LogP contribution in [0.1, 0.15) is 42.6 Å². The molecule has 1 saturated heterocycles. The number of nitrogens with one attached hydrogen (secondary N) is 2. The highest BCUT2D eigenvalue weighted by atomic mass is 16.2. The van der Waals surface area contributed by atoms with E-state index in [-0.39, 0.29) is 17.9 Å². The minimum atomic E-state index is -0.544. The van der Waals surface area contributed by atoms with E-state index in [1.54, 1.807) is 0 Å². The zero-order chi connectivity index (χ0) is 23.9. The molecule has 0 bridgehead atoms. The van der Waals surface area contributed by atoms with Gasteiger partial charge in [0.1, 0.15) is 6.04 Å². The minimum absolute atomic E-state index is 0.0854.